The topological polar surface area (TPSA) is 100 Å². The third kappa shape index (κ3) is 3.75. The van der Waals surface area contributed by atoms with Gasteiger partial charge in [-0.05, 0) is 44.4 Å². The van der Waals surface area contributed by atoms with E-state index in [9.17, 15) is 9.90 Å². The summed E-state index contributed by atoms with van der Waals surface area (Å²) in [5, 5.41) is 16.8. The zero-order valence-corrected chi connectivity index (χ0v) is 13.6. The molecule has 0 aliphatic heterocycles. The predicted molar refractivity (Wildman–Crippen MR) is 90.4 cm³/mol. The Hall–Kier alpha value is -1.82. The zero-order valence-electron chi connectivity index (χ0n) is 13.6. The molecular weight excluding hydrogens is 292 g/mol. The highest BCUT2D eigenvalue weighted by atomic mass is 16.3. The number of carbonyl (C=O) groups excluding carboxylic acids is 1. The van der Waals surface area contributed by atoms with Crippen molar-refractivity contribution in [3.05, 3.63) is 17.8 Å². The lowest BCUT2D eigenvalue weighted by atomic mass is 9.84. The van der Waals surface area contributed by atoms with Crippen molar-refractivity contribution >= 4 is 17.4 Å². The number of nitrogens with one attached hydrogen (secondary N) is 2. The first-order valence-corrected chi connectivity index (χ1v) is 8.54. The Balaban J connectivity index is 1.74. The second kappa shape index (κ2) is 6.74. The summed E-state index contributed by atoms with van der Waals surface area (Å²) in [6.45, 7) is 2.07. The van der Waals surface area contributed by atoms with E-state index in [1.165, 1.54) is 12.6 Å². The Kier molecular flexibility index (Phi) is 4.71. The van der Waals surface area contributed by atoms with Gasteiger partial charge in [0.05, 0.1) is 17.4 Å². The molecule has 2 fully saturated rings. The van der Waals surface area contributed by atoms with Crippen molar-refractivity contribution in [3.8, 4) is 0 Å². The van der Waals surface area contributed by atoms with E-state index in [0.29, 0.717) is 29.6 Å². The first-order chi connectivity index (χ1) is 11.0. The Labute approximate surface area is 136 Å². The molecule has 5 N–H and O–H groups in total. The van der Waals surface area contributed by atoms with Crippen LogP contribution < -0.4 is 16.4 Å². The van der Waals surface area contributed by atoms with Gasteiger partial charge in [0.1, 0.15) is 5.82 Å². The number of aliphatic hydroxyl groups excluding tert-OH is 1. The Bertz CT molecular complexity index is 574. The van der Waals surface area contributed by atoms with Gasteiger partial charge < -0.3 is 21.5 Å². The van der Waals surface area contributed by atoms with Crippen molar-refractivity contribution < 1.29 is 9.90 Å². The van der Waals surface area contributed by atoms with Crippen LogP contribution in [0.3, 0.4) is 0 Å². The van der Waals surface area contributed by atoms with Crippen LogP contribution in [0, 0.1) is 5.92 Å². The quantitative estimate of drug-likeness (QED) is 0.666. The minimum absolute atomic E-state index is 0.151. The van der Waals surface area contributed by atoms with Gasteiger partial charge in [-0.3, -0.25) is 4.79 Å². The van der Waals surface area contributed by atoms with Crippen molar-refractivity contribution in [1.82, 2.24) is 4.98 Å². The van der Waals surface area contributed by atoms with Crippen LogP contribution in [-0.2, 0) is 0 Å². The number of primary amides is 1. The smallest absolute Gasteiger partial charge is 0.252 e. The van der Waals surface area contributed by atoms with Crippen LogP contribution in [0.5, 0.6) is 0 Å². The molecule has 0 unspecified atom stereocenters. The number of hydrogen-bond acceptors (Lipinski definition) is 5. The average molecular weight is 318 g/mol. The van der Waals surface area contributed by atoms with E-state index >= 15 is 0 Å². The molecule has 6 heteroatoms. The maximum absolute atomic E-state index is 11.7. The molecule has 3 atom stereocenters. The number of rotatable bonds is 5. The van der Waals surface area contributed by atoms with Crippen LogP contribution in [0.15, 0.2) is 12.3 Å². The number of nitrogens with zero attached hydrogens (tertiary/aromatic N) is 1. The van der Waals surface area contributed by atoms with Crippen molar-refractivity contribution in [3.63, 3.8) is 0 Å². The molecule has 2 aliphatic rings. The molecule has 1 amide bonds. The van der Waals surface area contributed by atoms with Gasteiger partial charge in [0.25, 0.3) is 5.91 Å². The number of anilines is 2. The Morgan fingerprint density at radius 1 is 1.26 bits per heavy atom. The van der Waals surface area contributed by atoms with Crippen LogP contribution in [0.4, 0.5) is 11.5 Å². The van der Waals surface area contributed by atoms with Gasteiger partial charge in [-0.1, -0.05) is 6.92 Å². The third-order valence-electron chi connectivity index (χ3n) is 5.14. The summed E-state index contributed by atoms with van der Waals surface area (Å²) in [6.07, 6.45) is 7.45. The van der Waals surface area contributed by atoms with Crippen LogP contribution in [0.1, 0.15) is 55.8 Å². The lowest BCUT2D eigenvalue weighted by Gasteiger charge is -2.32. The van der Waals surface area contributed by atoms with Gasteiger partial charge in [-0.15, -0.1) is 0 Å². The highest BCUT2D eigenvalue weighted by molar-refractivity contribution is 5.98. The van der Waals surface area contributed by atoms with E-state index < -0.39 is 5.91 Å². The molecule has 1 aromatic heterocycles. The molecule has 0 bridgehead atoms. The fourth-order valence-corrected chi connectivity index (χ4v) is 3.26. The molecule has 0 radical (unpaired) electrons. The lowest BCUT2D eigenvalue weighted by Crippen LogP contribution is -2.35. The molecule has 6 nitrogen and oxygen atoms in total. The van der Waals surface area contributed by atoms with E-state index in [1.54, 1.807) is 0 Å². The summed E-state index contributed by atoms with van der Waals surface area (Å²) < 4.78 is 0. The van der Waals surface area contributed by atoms with E-state index in [0.717, 1.165) is 31.5 Å². The molecule has 1 aromatic rings. The SMILES string of the molecule is C[C@@H]1CC[C@@H](Nc2cc(NC3CCC3)ncc2C(N)=O)C[C@H]1O. The third-order valence-corrected chi connectivity index (χ3v) is 5.14. The van der Waals surface area contributed by atoms with Crippen LogP contribution in [0.25, 0.3) is 0 Å². The van der Waals surface area contributed by atoms with E-state index in [4.69, 9.17) is 5.73 Å². The number of aromatic nitrogens is 1. The molecule has 2 saturated carbocycles. The highest BCUT2D eigenvalue weighted by Gasteiger charge is 2.27. The van der Waals surface area contributed by atoms with Gasteiger partial charge in [0, 0.05) is 24.3 Å². The van der Waals surface area contributed by atoms with Gasteiger partial charge >= 0.3 is 0 Å². The van der Waals surface area contributed by atoms with Crippen LogP contribution in [0.2, 0.25) is 0 Å². The van der Waals surface area contributed by atoms with E-state index in [-0.39, 0.29) is 12.1 Å². The zero-order chi connectivity index (χ0) is 16.4. The average Bonchev–Trinajstić information content (AvgIpc) is 2.47. The number of nitrogens with two attached hydrogens (primary N) is 1. The van der Waals surface area contributed by atoms with Gasteiger partial charge in [-0.25, -0.2) is 4.98 Å². The minimum Gasteiger partial charge on any atom is -0.393 e. The number of aliphatic hydroxyl groups is 1. The fraction of sp³-hybridized carbons (Fsp3) is 0.647. The maximum atomic E-state index is 11.7. The first kappa shape index (κ1) is 16.1. The highest BCUT2D eigenvalue weighted by Crippen LogP contribution is 2.29. The van der Waals surface area contributed by atoms with E-state index in [2.05, 4.69) is 22.5 Å². The fourth-order valence-electron chi connectivity index (χ4n) is 3.26. The summed E-state index contributed by atoms with van der Waals surface area (Å²) in [5.74, 6) is 0.615. The maximum Gasteiger partial charge on any atom is 0.252 e. The van der Waals surface area contributed by atoms with Gasteiger partial charge in [-0.2, -0.15) is 0 Å². The number of pyridine rings is 1. The molecule has 126 valence electrons. The summed E-state index contributed by atoms with van der Waals surface area (Å²) in [5.41, 5.74) is 6.58. The molecule has 2 aliphatic carbocycles. The Morgan fingerprint density at radius 3 is 2.65 bits per heavy atom. The minimum atomic E-state index is -0.486. The van der Waals surface area contributed by atoms with Crippen molar-refractivity contribution in [2.45, 2.75) is 63.6 Å². The first-order valence-electron chi connectivity index (χ1n) is 8.54. The molecule has 3 rings (SSSR count). The summed E-state index contributed by atoms with van der Waals surface area (Å²) in [7, 11) is 0. The van der Waals surface area contributed by atoms with Crippen molar-refractivity contribution in [2.75, 3.05) is 10.6 Å². The van der Waals surface area contributed by atoms with Crippen LogP contribution >= 0.6 is 0 Å². The Morgan fingerprint density at radius 2 is 2.04 bits per heavy atom. The number of hydrogen-bond donors (Lipinski definition) is 4. The lowest BCUT2D eigenvalue weighted by molar-refractivity contribution is 0.0740. The van der Waals surface area contributed by atoms with Crippen molar-refractivity contribution in [1.29, 1.82) is 0 Å². The van der Waals surface area contributed by atoms with E-state index in [1.807, 2.05) is 6.07 Å². The number of carbonyl (C=O) groups is 1. The summed E-state index contributed by atoms with van der Waals surface area (Å²) in [4.78, 5) is 16.0. The largest absolute Gasteiger partial charge is 0.393 e. The van der Waals surface area contributed by atoms with Crippen LogP contribution in [-0.4, -0.2) is 34.2 Å². The summed E-state index contributed by atoms with van der Waals surface area (Å²) >= 11 is 0. The van der Waals surface area contributed by atoms with Crippen molar-refractivity contribution in [2.24, 2.45) is 11.7 Å². The van der Waals surface area contributed by atoms with Gasteiger partial charge in [0.15, 0.2) is 0 Å². The van der Waals surface area contributed by atoms with Gasteiger partial charge in [0.2, 0.25) is 0 Å². The molecule has 0 aromatic carbocycles. The normalized spacial score (nSPS) is 28.0. The second-order valence-corrected chi connectivity index (χ2v) is 6.95. The second-order valence-electron chi connectivity index (χ2n) is 6.95. The monoisotopic (exact) mass is 318 g/mol. The predicted octanol–water partition coefficient (Wildman–Crippen LogP) is 2.11. The summed E-state index contributed by atoms with van der Waals surface area (Å²) in [6, 6.07) is 2.49. The number of amides is 1. The molecule has 0 saturated heterocycles. The molecular formula is C17H26N4O2. The molecule has 23 heavy (non-hydrogen) atoms. The molecule has 0 spiro atoms. The standard InChI is InChI=1S/C17H26N4O2/c1-10-5-6-12(7-15(10)22)20-14-8-16(21-11-3-2-4-11)19-9-13(14)17(18)23/h8-12,15,22H,2-7H2,1H3,(H2,18,23)(H2,19,20,21)/t10-,12-,15-/m1/s1. The molecule has 1 heterocycles.